The van der Waals surface area contributed by atoms with Crippen LogP contribution in [0, 0.1) is 0 Å². The van der Waals surface area contributed by atoms with Gasteiger partial charge in [0.2, 0.25) is 5.95 Å². The van der Waals surface area contributed by atoms with Crippen molar-refractivity contribution in [2.24, 2.45) is 0 Å². The third kappa shape index (κ3) is 3.35. The van der Waals surface area contributed by atoms with Crippen LogP contribution in [0.5, 0.6) is 5.75 Å². The second kappa shape index (κ2) is 7.12. The number of anilines is 2. The van der Waals surface area contributed by atoms with Crippen molar-refractivity contribution >= 4 is 22.8 Å². The van der Waals surface area contributed by atoms with E-state index in [1.54, 1.807) is 17.8 Å². The van der Waals surface area contributed by atoms with Gasteiger partial charge in [-0.2, -0.15) is 4.98 Å². The van der Waals surface area contributed by atoms with E-state index in [0.29, 0.717) is 18.0 Å². The van der Waals surface area contributed by atoms with Crippen LogP contribution in [-0.4, -0.2) is 26.6 Å². The van der Waals surface area contributed by atoms with Crippen molar-refractivity contribution in [1.82, 2.24) is 19.5 Å². The summed E-state index contributed by atoms with van der Waals surface area (Å²) < 4.78 is 6.75. The summed E-state index contributed by atoms with van der Waals surface area (Å²) in [4.78, 5) is 25.6. The highest BCUT2D eigenvalue weighted by Crippen LogP contribution is 2.22. The third-order valence-corrected chi connectivity index (χ3v) is 3.84. The van der Waals surface area contributed by atoms with Gasteiger partial charge in [-0.25, -0.2) is 9.97 Å². The van der Waals surface area contributed by atoms with Crippen LogP contribution in [0.15, 0.2) is 54.1 Å². The lowest BCUT2D eigenvalue weighted by atomic mass is 10.2. The van der Waals surface area contributed by atoms with Crippen molar-refractivity contribution in [3.05, 3.63) is 59.7 Å². The first-order chi connectivity index (χ1) is 12.1. The van der Waals surface area contributed by atoms with Gasteiger partial charge in [-0.1, -0.05) is 6.08 Å². The fourth-order valence-electron chi connectivity index (χ4n) is 2.57. The van der Waals surface area contributed by atoms with Crippen molar-refractivity contribution < 1.29 is 4.74 Å². The zero-order valence-electron chi connectivity index (χ0n) is 14.1. The molecule has 1 atom stereocenters. The number of ether oxygens (including phenoxy) is 1. The first-order valence-corrected chi connectivity index (χ1v) is 7.89. The molecule has 0 radical (unpaired) electrons. The lowest BCUT2D eigenvalue weighted by Crippen LogP contribution is -2.27. The number of allylic oxidation sites excluding steroid dienone is 1. The topological polar surface area (TPSA) is 81.9 Å². The van der Waals surface area contributed by atoms with Crippen molar-refractivity contribution in [3.63, 3.8) is 0 Å². The summed E-state index contributed by atoms with van der Waals surface area (Å²) >= 11 is 0. The summed E-state index contributed by atoms with van der Waals surface area (Å²) in [6.07, 6.45) is 5.41. The molecule has 0 amide bonds. The predicted molar refractivity (Wildman–Crippen MR) is 97.4 cm³/mol. The molecule has 0 aliphatic heterocycles. The Bertz CT molecular complexity index is 950. The largest absolute Gasteiger partial charge is 0.497 e. The Kier molecular flexibility index (Phi) is 4.74. The van der Waals surface area contributed by atoms with Crippen molar-refractivity contribution in [1.29, 1.82) is 0 Å². The third-order valence-electron chi connectivity index (χ3n) is 3.84. The number of benzene rings is 1. The van der Waals surface area contributed by atoms with Crippen LogP contribution in [-0.2, 0) is 0 Å². The molecule has 0 aliphatic carbocycles. The summed E-state index contributed by atoms with van der Waals surface area (Å²) in [6.45, 7) is 5.69. The minimum Gasteiger partial charge on any atom is -0.497 e. The summed E-state index contributed by atoms with van der Waals surface area (Å²) in [5.41, 5.74) is 1.11. The molecule has 3 rings (SSSR count). The zero-order valence-corrected chi connectivity index (χ0v) is 14.1. The van der Waals surface area contributed by atoms with Crippen LogP contribution in [0.2, 0.25) is 0 Å². The molecule has 1 N–H and O–H groups in total. The molecule has 7 heteroatoms. The number of aromatic nitrogens is 4. The van der Waals surface area contributed by atoms with E-state index < -0.39 is 0 Å². The lowest BCUT2D eigenvalue weighted by molar-refractivity contribution is 0.415. The summed E-state index contributed by atoms with van der Waals surface area (Å²) in [5.74, 6) is 1.16. The van der Waals surface area contributed by atoms with E-state index in [0.717, 1.165) is 11.4 Å². The highest BCUT2D eigenvalue weighted by atomic mass is 16.5. The highest BCUT2D eigenvalue weighted by molar-refractivity contribution is 5.70. The highest BCUT2D eigenvalue weighted by Gasteiger charge is 2.17. The Balaban J connectivity index is 2.12. The van der Waals surface area contributed by atoms with E-state index in [9.17, 15) is 4.79 Å². The van der Waals surface area contributed by atoms with E-state index in [1.165, 1.54) is 12.4 Å². The summed E-state index contributed by atoms with van der Waals surface area (Å²) in [6, 6.07) is 7.25. The molecule has 128 valence electrons. The maximum absolute atomic E-state index is 12.9. The van der Waals surface area contributed by atoms with Gasteiger partial charge in [-0.3, -0.25) is 9.36 Å². The number of hydrogen-bond acceptors (Lipinski definition) is 6. The van der Waals surface area contributed by atoms with E-state index in [-0.39, 0.29) is 17.1 Å². The number of fused-ring (bicyclic) bond motifs is 1. The maximum Gasteiger partial charge on any atom is 0.283 e. The van der Waals surface area contributed by atoms with Gasteiger partial charge in [0.25, 0.3) is 5.56 Å². The Morgan fingerprint density at radius 3 is 2.68 bits per heavy atom. The van der Waals surface area contributed by atoms with Crippen molar-refractivity contribution in [3.8, 4) is 5.75 Å². The first kappa shape index (κ1) is 16.6. The van der Waals surface area contributed by atoms with Gasteiger partial charge in [0.15, 0.2) is 11.2 Å². The number of methoxy groups -OCH3 is 1. The maximum atomic E-state index is 12.9. The lowest BCUT2D eigenvalue weighted by Gasteiger charge is -2.19. The van der Waals surface area contributed by atoms with Gasteiger partial charge in [-0.05, 0) is 37.6 Å². The molecule has 1 aromatic carbocycles. The van der Waals surface area contributed by atoms with Crippen LogP contribution < -0.4 is 15.6 Å². The van der Waals surface area contributed by atoms with Crippen molar-refractivity contribution in [2.45, 2.75) is 19.4 Å². The second-order valence-electron chi connectivity index (χ2n) is 5.57. The Morgan fingerprint density at radius 1 is 1.28 bits per heavy atom. The molecular weight excluding hydrogens is 318 g/mol. The van der Waals surface area contributed by atoms with Crippen LogP contribution in [0.4, 0.5) is 11.6 Å². The fourth-order valence-corrected chi connectivity index (χ4v) is 2.57. The van der Waals surface area contributed by atoms with Crippen LogP contribution in [0.3, 0.4) is 0 Å². The average Bonchev–Trinajstić information content (AvgIpc) is 2.63. The van der Waals surface area contributed by atoms with Gasteiger partial charge in [-0.15, -0.1) is 6.58 Å². The average molecular weight is 337 g/mol. The Morgan fingerprint density at radius 2 is 2.00 bits per heavy atom. The van der Waals surface area contributed by atoms with Crippen molar-refractivity contribution in [2.75, 3.05) is 12.4 Å². The van der Waals surface area contributed by atoms with Gasteiger partial charge in [0.05, 0.1) is 7.11 Å². The number of nitrogens with zero attached hydrogens (tertiary/aromatic N) is 4. The molecule has 25 heavy (non-hydrogen) atoms. The van der Waals surface area contributed by atoms with E-state index in [2.05, 4.69) is 26.8 Å². The van der Waals surface area contributed by atoms with Crippen LogP contribution in [0.25, 0.3) is 11.2 Å². The van der Waals surface area contributed by atoms with Gasteiger partial charge >= 0.3 is 0 Å². The second-order valence-corrected chi connectivity index (χ2v) is 5.57. The molecular formula is C18H19N5O2. The normalized spacial score (nSPS) is 11.9. The molecule has 2 heterocycles. The smallest absolute Gasteiger partial charge is 0.283 e. The molecule has 0 saturated heterocycles. The monoisotopic (exact) mass is 337 g/mol. The number of hydrogen-bond donors (Lipinski definition) is 1. The predicted octanol–water partition coefficient (Wildman–Crippen LogP) is 3.08. The standard InChI is InChI=1S/C18H19N5O2/c1-4-5-12(2)23-17(24)15-16(20-11-10-19-15)22-18(23)21-13-6-8-14(25-3)9-7-13/h4,6-12H,1,5H2,2-3H3,(H,20,21,22). The molecule has 7 nitrogen and oxygen atoms in total. The minimum atomic E-state index is -0.233. The fraction of sp³-hybridized carbons (Fsp3) is 0.222. The van der Waals surface area contributed by atoms with Crippen LogP contribution >= 0.6 is 0 Å². The first-order valence-electron chi connectivity index (χ1n) is 7.89. The molecule has 0 spiro atoms. The summed E-state index contributed by atoms with van der Waals surface area (Å²) in [7, 11) is 1.61. The number of rotatable bonds is 6. The Hall–Kier alpha value is -3.22. The number of nitrogens with one attached hydrogen (secondary N) is 1. The van der Waals surface area contributed by atoms with Crippen LogP contribution in [0.1, 0.15) is 19.4 Å². The molecule has 2 aromatic heterocycles. The molecule has 0 saturated carbocycles. The SMILES string of the molecule is C=CCC(C)n1c(Nc2ccc(OC)cc2)nc2nccnc2c1=O. The quantitative estimate of drug-likeness (QED) is 0.696. The molecule has 0 bridgehead atoms. The molecule has 0 aliphatic rings. The van der Waals surface area contributed by atoms with E-state index >= 15 is 0 Å². The van der Waals surface area contributed by atoms with E-state index in [1.807, 2.05) is 31.2 Å². The van der Waals surface area contributed by atoms with Gasteiger partial charge in [0.1, 0.15) is 5.75 Å². The molecule has 1 unspecified atom stereocenters. The minimum absolute atomic E-state index is 0.121. The van der Waals surface area contributed by atoms with Gasteiger partial charge < -0.3 is 10.1 Å². The molecule has 3 aromatic rings. The zero-order chi connectivity index (χ0) is 17.8. The Labute approximate surface area is 145 Å². The summed E-state index contributed by atoms with van der Waals surface area (Å²) in [5, 5.41) is 3.19. The van der Waals surface area contributed by atoms with E-state index in [4.69, 9.17) is 4.74 Å². The van der Waals surface area contributed by atoms with Gasteiger partial charge in [0, 0.05) is 24.1 Å². The molecule has 0 fully saturated rings.